The molecule has 6 nitrogen and oxygen atoms in total. The lowest BCUT2D eigenvalue weighted by Gasteiger charge is -2.13. The summed E-state index contributed by atoms with van der Waals surface area (Å²) in [6.45, 7) is 0.0755. The molecule has 2 amide bonds. The molecule has 1 aliphatic heterocycles. The normalized spacial score (nSPS) is 13.4. The third-order valence-corrected chi connectivity index (χ3v) is 3.98. The number of amides is 2. The van der Waals surface area contributed by atoms with Gasteiger partial charge in [-0.05, 0) is 36.4 Å². The van der Waals surface area contributed by atoms with Gasteiger partial charge in [-0.15, -0.1) is 0 Å². The first-order valence-electron chi connectivity index (χ1n) is 7.33. The number of carbonyl (C=O) groups is 2. The van der Waals surface area contributed by atoms with Crippen molar-refractivity contribution >= 4 is 11.8 Å². The molecule has 24 heavy (non-hydrogen) atoms. The van der Waals surface area contributed by atoms with E-state index in [0.29, 0.717) is 28.0 Å². The molecule has 0 fully saturated rings. The Labute approximate surface area is 136 Å². The number of fused-ring (bicyclic) bond motifs is 1. The number of aromatic nitrogens is 1. The summed E-state index contributed by atoms with van der Waals surface area (Å²) in [5, 5.41) is 13.2. The Kier molecular flexibility index (Phi) is 3.16. The molecule has 0 unspecified atom stereocenters. The number of carbonyl (C=O) groups excluding carboxylic acids is 2. The molecular formula is C18H12N2O4. The second-order valence-electron chi connectivity index (χ2n) is 5.47. The third kappa shape index (κ3) is 2.16. The van der Waals surface area contributed by atoms with E-state index in [0.717, 1.165) is 0 Å². The Morgan fingerprint density at radius 1 is 0.958 bits per heavy atom. The van der Waals surface area contributed by atoms with Gasteiger partial charge in [0.25, 0.3) is 11.8 Å². The monoisotopic (exact) mass is 320 g/mol. The molecule has 0 bridgehead atoms. The van der Waals surface area contributed by atoms with Crippen LogP contribution >= 0.6 is 0 Å². The van der Waals surface area contributed by atoms with Crippen LogP contribution in [-0.4, -0.2) is 27.0 Å². The molecule has 3 aromatic rings. The summed E-state index contributed by atoms with van der Waals surface area (Å²) in [6.07, 6.45) is 1.49. The topological polar surface area (TPSA) is 83.6 Å². The lowest BCUT2D eigenvalue weighted by atomic mass is 10.1. The van der Waals surface area contributed by atoms with Gasteiger partial charge in [-0.2, -0.15) is 0 Å². The van der Waals surface area contributed by atoms with Gasteiger partial charge in [-0.3, -0.25) is 14.5 Å². The largest absolute Gasteiger partial charge is 0.508 e. The first-order chi connectivity index (χ1) is 11.6. The SMILES string of the molecule is O=C1c2ccccc2C(=O)N1Cc1cnoc1-c1ccc(O)cc1. The van der Waals surface area contributed by atoms with E-state index in [1.165, 1.54) is 23.2 Å². The van der Waals surface area contributed by atoms with E-state index < -0.39 is 0 Å². The number of hydrogen-bond acceptors (Lipinski definition) is 5. The molecule has 4 rings (SSSR count). The fourth-order valence-electron chi connectivity index (χ4n) is 2.78. The Hall–Kier alpha value is -3.41. The summed E-state index contributed by atoms with van der Waals surface area (Å²) in [7, 11) is 0. The predicted molar refractivity (Wildman–Crippen MR) is 84.2 cm³/mol. The summed E-state index contributed by atoms with van der Waals surface area (Å²) < 4.78 is 5.27. The van der Waals surface area contributed by atoms with Crippen molar-refractivity contribution in [2.45, 2.75) is 6.54 Å². The highest BCUT2D eigenvalue weighted by molar-refractivity contribution is 6.21. The number of rotatable bonds is 3. The Morgan fingerprint density at radius 2 is 1.58 bits per heavy atom. The van der Waals surface area contributed by atoms with Crippen LogP contribution < -0.4 is 0 Å². The molecule has 0 spiro atoms. The highest BCUT2D eigenvalue weighted by Gasteiger charge is 2.35. The van der Waals surface area contributed by atoms with Gasteiger partial charge < -0.3 is 9.63 Å². The molecule has 6 heteroatoms. The van der Waals surface area contributed by atoms with Crippen molar-refractivity contribution in [1.82, 2.24) is 10.1 Å². The fraction of sp³-hybridized carbons (Fsp3) is 0.0556. The van der Waals surface area contributed by atoms with Crippen LogP contribution in [0, 0.1) is 0 Å². The minimum atomic E-state index is -0.326. The van der Waals surface area contributed by atoms with E-state index in [2.05, 4.69) is 5.16 Å². The molecule has 1 aromatic heterocycles. The lowest BCUT2D eigenvalue weighted by molar-refractivity contribution is 0.0642. The molecule has 1 N–H and O–H groups in total. The fourth-order valence-corrected chi connectivity index (χ4v) is 2.78. The predicted octanol–water partition coefficient (Wildman–Crippen LogP) is 2.84. The van der Waals surface area contributed by atoms with Crippen LogP contribution in [0.3, 0.4) is 0 Å². The van der Waals surface area contributed by atoms with Crippen LogP contribution in [0.1, 0.15) is 26.3 Å². The zero-order valence-corrected chi connectivity index (χ0v) is 12.5. The quantitative estimate of drug-likeness (QED) is 0.750. The summed E-state index contributed by atoms with van der Waals surface area (Å²) in [4.78, 5) is 26.1. The zero-order chi connectivity index (χ0) is 16.7. The first-order valence-corrected chi connectivity index (χ1v) is 7.33. The van der Waals surface area contributed by atoms with Crippen molar-refractivity contribution in [3.8, 4) is 17.1 Å². The van der Waals surface area contributed by atoms with Crippen molar-refractivity contribution in [2.75, 3.05) is 0 Å². The maximum absolute atomic E-state index is 12.4. The van der Waals surface area contributed by atoms with E-state index in [-0.39, 0.29) is 24.1 Å². The number of hydrogen-bond donors (Lipinski definition) is 1. The highest BCUT2D eigenvalue weighted by Crippen LogP contribution is 2.29. The minimum absolute atomic E-state index is 0.0755. The Balaban J connectivity index is 1.66. The van der Waals surface area contributed by atoms with Crippen molar-refractivity contribution in [1.29, 1.82) is 0 Å². The smallest absolute Gasteiger partial charge is 0.261 e. The van der Waals surface area contributed by atoms with Crippen LogP contribution in [0.15, 0.2) is 59.3 Å². The molecule has 0 radical (unpaired) electrons. The second kappa shape index (κ2) is 5.34. The standard InChI is InChI=1S/C18H12N2O4/c21-13-7-5-11(6-8-13)16-12(9-19-24-16)10-20-17(22)14-3-1-2-4-15(14)18(20)23/h1-9,21H,10H2. The lowest BCUT2D eigenvalue weighted by Crippen LogP contribution is -2.29. The Morgan fingerprint density at radius 3 is 2.21 bits per heavy atom. The molecule has 0 saturated carbocycles. The van der Waals surface area contributed by atoms with Crippen LogP contribution in [0.5, 0.6) is 5.75 Å². The van der Waals surface area contributed by atoms with E-state index in [1.54, 1.807) is 36.4 Å². The summed E-state index contributed by atoms with van der Waals surface area (Å²) in [5.74, 6) is -0.0476. The van der Waals surface area contributed by atoms with Gasteiger partial charge in [-0.25, -0.2) is 0 Å². The maximum atomic E-state index is 12.4. The van der Waals surface area contributed by atoms with Gasteiger partial charge in [0.15, 0.2) is 5.76 Å². The van der Waals surface area contributed by atoms with Gasteiger partial charge in [0.05, 0.1) is 23.9 Å². The third-order valence-electron chi connectivity index (χ3n) is 3.98. The van der Waals surface area contributed by atoms with Crippen LogP contribution in [0.2, 0.25) is 0 Å². The summed E-state index contributed by atoms with van der Waals surface area (Å²) >= 11 is 0. The van der Waals surface area contributed by atoms with Crippen molar-refractivity contribution in [3.63, 3.8) is 0 Å². The van der Waals surface area contributed by atoms with Crippen LogP contribution in [0.25, 0.3) is 11.3 Å². The van der Waals surface area contributed by atoms with Gasteiger partial charge in [-0.1, -0.05) is 17.3 Å². The molecular weight excluding hydrogens is 308 g/mol. The molecule has 2 heterocycles. The van der Waals surface area contributed by atoms with E-state index in [9.17, 15) is 14.7 Å². The Bertz CT molecular complexity index is 909. The van der Waals surface area contributed by atoms with E-state index in [1.807, 2.05) is 0 Å². The number of phenolic OH excluding ortho intramolecular Hbond substituents is 1. The first kappa shape index (κ1) is 14.2. The number of nitrogens with zero attached hydrogens (tertiary/aromatic N) is 2. The van der Waals surface area contributed by atoms with Gasteiger partial charge in [0.1, 0.15) is 5.75 Å². The number of imide groups is 1. The molecule has 0 saturated heterocycles. The second-order valence-corrected chi connectivity index (χ2v) is 5.47. The van der Waals surface area contributed by atoms with Crippen LogP contribution in [-0.2, 0) is 6.54 Å². The van der Waals surface area contributed by atoms with Gasteiger partial charge >= 0.3 is 0 Å². The van der Waals surface area contributed by atoms with E-state index in [4.69, 9.17) is 4.52 Å². The van der Waals surface area contributed by atoms with Gasteiger partial charge in [0.2, 0.25) is 0 Å². The average Bonchev–Trinajstić information content (AvgIpc) is 3.15. The van der Waals surface area contributed by atoms with Crippen molar-refractivity contribution in [3.05, 3.63) is 71.4 Å². The number of benzene rings is 2. The highest BCUT2D eigenvalue weighted by atomic mass is 16.5. The zero-order valence-electron chi connectivity index (χ0n) is 12.5. The van der Waals surface area contributed by atoms with Crippen molar-refractivity contribution in [2.24, 2.45) is 0 Å². The molecule has 2 aromatic carbocycles. The van der Waals surface area contributed by atoms with Gasteiger partial charge in [0, 0.05) is 11.1 Å². The average molecular weight is 320 g/mol. The molecule has 0 atom stereocenters. The van der Waals surface area contributed by atoms with E-state index >= 15 is 0 Å². The van der Waals surface area contributed by atoms with Crippen LogP contribution in [0.4, 0.5) is 0 Å². The summed E-state index contributed by atoms with van der Waals surface area (Å²) in [5.41, 5.74) is 2.14. The summed E-state index contributed by atoms with van der Waals surface area (Å²) in [6, 6.07) is 13.2. The minimum Gasteiger partial charge on any atom is -0.508 e. The molecule has 118 valence electrons. The maximum Gasteiger partial charge on any atom is 0.261 e. The number of aromatic hydroxyl groups is 1. The molecule has 0 aliphatic carbocycles. The molecule has 1 aliphatic rings. The number of phenols is 1. The van der Waals surface area contributed by atoms with Crippen molar-refractivity contribution < 1.29 is 19.2 Å².